The molecule has 1 aliphatic rings. The van der Waals surface area contributed by atoms with Gasteiger partial charge in [0, 0.05) is 4.90 Å². The first-order chi connectivity index (χ1) is 18.9. The van der Waals surface area contributed by atoms with E-state index in [0.717, 1.165) is 21.6 Å². The van der Waals surface area contributed by atoms with Crippen LogP contribution in [0.25, 0.3) is 6.08 Å². The molecule has 0 spiro atoms. The molecular weight excluding hydrogens is 524 g/mol. The Kier molecular flexibility index (Phi) is 8.00. The molecule has 0 fully saturated rings. The van der Waals surface area contributed by atoms with E-state index in [1.54, 1.807) is 16.3 Å². The van der Waals surface area contributed by atoms with Gasteiger partial charge in [0.05, 0.1) is 21.8 Å². The number of hydrogen-bond acceptors (Lipinski definition) is 6. The maximum Gasteiger partial charge on any atom is 0.338 e. The first-order valence-electron chi connectivity index (χ1n) is 12.8. The Hall–Kier alpha value is -3.68. The highest BCUT2D eigenvalue weighted by molar-refractivity contribution is 7.98. The SMILES string of the molecule is CSc1ccc(C2C(C(=O)OCc3ccccc3)=C(C)N=c3sc(=Cc4ccc(C(C)C)cc4)c(=O)n32)cc1. The van der Waals surface area contributed by atoms with Crippen molar-refractivity contribution in [3.05, 3.63) is 132 Å². The molecule has 1 atom stereocenters. The number of carbonyl (C=O) groups is 1. The maximum atomic E-state index is 13.9. The quantitative estimate of drug-likeness (QED) is 0.213. The lowest BCUT2D eigenvalue weighted by Crippen LogP contribution is -2.39. The van der Waals surface area contributed by atoms with Crippen molar-refractivity contribution in [1.82, 2.24) is 4.57 Å². The number of nitrogens with zero attached hydrogens (tertiary/aromatic N) is 2. The summed E-state index contributed by atoms with van der Waals surface area (Å²) in [6.45, 7) is 6.27. The summed E-state index contributed by atoms with van der Waals surface area (Å²) in [4.78, 5) is 33.8. The van der Waals surface area contributed by atoms with Gasteiger partial charge in [-0.2, -0.15) is 0 Å². The second-order valence-corrected chi connectivity index (χ2v) is 11.6. The second kappa shape index (κ2) is 11.6. The van der Waals surface area contributed by atoms with E-state index in [1.807, 2.05) is 86.0 Å². The lowest BCUT2D eigenvalue weighted by molar-refractivity contribution is -0.140. The van der Waals surface area contributed by atoms with Crippen LogP contribution in [-0.4, -0.2) is 16.8 Å². The average Bonchev–Trinajstić information content (AvgIpc) is 3.25. The molecule has 1 aliphatic heterocycles. The molecule has 0 saturated heterocycles. The van der Waals surface area contributed by atoms with Crippen molar-refractivity contribution in [2.45, 2.75) is 44.2 Å². The largest absolute Gasteiger partial charge is 0.457 e. The van der Waals surface area contributed by atoms with Gasteiger partial charge in [0.15, 0.2) is 4.80 Å². The minimum Gasteiger partial charge on any atom is -0.457 e. The Balaban J connectivity index is 1.59. The van der Waals surface area contributed by atoms with Crippen molar-refractivity contribution in [2.24, 2.45) is 4.99 Å². The Morgan fingerprint density at radius 2 is 1.74 bits per heavy atom. The van der Waals surface area contributed by atoms with E-state index >= 15 is 0 Å². The van der Waals surface area contributed by atoms with Gasteiger partial charge in [-0.3, -0.25) is 9.36 Å². The zero-order valence-electron chi connectivity index (χ0n) is 22.4. The molecule has 4 aromatic rings. The van der Waals surface area contributed by atoms with E-state index in [9.17, 15) is 9.59 Å². The van der Waals surface area contributed by atoms with Crippen LogP contribution in [0.1, 0.15) is 55.0 Å². The molecule has 0 N–H and O–H groups in total. The first-order valence-corrected chi connectivity index (χ1v) is 14.9. The van der Waals surface area contributed by atoms with E-state index < -0.39 is 12.0 Å². The van der Waals surface area contributed by atoms with Gasteiger partial charge in [-0.1, -0.05) is 91.9 Å². The molecule has 1 aromatic heterocycles. The zero-order valence-corrected chi connectivity index (χ0v) is 24.0. The number of thiazole rings is 1. The van der Waals surface area contributed by atoms with Crippen molar-refractivity contribution in [1.29, 1.82) is 0 Å². The lowest BCUT2D eigenvalue weighted by Gasteiger charge is -2.25. The highest BCUT2D eigenvalue weighted by atomic mass is 32.2. The lowest BCUT2D eigenvalue weighted by atomic mass is 9.96. The summed E-state index contributed by atoms with van der Waals surface area (Å²) in [5, 5.41) is 0. The Morgan fingerprint density at radius 1 is 1.05 bits per heavy atom. The number of aromatic nitrogens is 1. The minimum absolute atomic E-state index is 0.144. The normalized spacial score (nSPS) is 15.3. The maximum absolute atomic E-state index is 13.9. The van der Waals surface area contributed by atoms with E-state index in [0.29, 0.717) is 26.5 Å². The predicted molar refractivity (Wildman–Crippen MR) is 159 cm³/mol. The molecule has 0 radical (unpaired) electrons. The molecule has 39 heavy (non-hydrogen) atoms. The number of benzene rings is 3. The number of carbonyl (C=O) groups excluding carboxylic acids is 1. The van der Waals surface area contributed by atoms with Crippen molar-refractivity contribution in [3.8, 4) is 0 Å². The molecule has 0 aliphatic carbocycles. The number of thioether (sulfide) groups is 1. The third kappa shape index (κ3) is 5.70. The van der Waals surface area contributed by atoms with E-state index in [2.05, 4.69) is 26.0 Å². The van der Waals surface area contributed by atoms with Gasteiger partial charge in [-0.15, -0.1) is 11.8 Å². The van der Waals surface area contributed by atoms with Gasteiger partial charge in [-0.05, 0) is 59.6 Å². The van der Waals surface area contributed by atoms with E-state index in [-0.39, 0.29) is 12.2 Å². The summed E-state index contributed by atoms with van der Waals surface area (Å²) >= 11 is 2.98. The highest BCUT2D eigenvalue weighted by Gasteiger charge is 2.33. The molecule has 198 valence electrons. The van der Waals surface area contributed by atoms with Gasteiger partial charge in [0.1, 0.15) is 6.61 Å². The van der Waals surface area contributed by atoms with Gasteiger partial charge in [0.2, 0.25) is 0 Å². The van der Waals surface area contributed by atoms with Crippen LogP contribution in [0.4, 0.5) is 0 Å². The van der Waals surface area contributed by atoms with E-state index in [1.165, 1.54) is 16.9 Å². The van der Waals surface area contributed by atoms with Crippen molar-refractivity contribution in [3.63, 3.8) is 0 Å². The molecule has 0 saturated carbocycles. The molecule has 5 rings (SSSR count). The third-order valence-corrected chi connectivity index (χ3v) is 8.51. The summed E-state index contributed by atoms with van der Waals surface area (Å²) in [6, 6.07) is 25.1. The number of hydrogen-bond donors (Lipinski definition) is 0. The van der Waals surface area contributed by atoms with Crippen molar-refractivity contribution < 1.29 is 9.53 Å². The summed E-state index contributed by atoms with van der Waals surface area (Å²) in [7, 11) is 0. The standard InChI is InChI=1S/C32H30N2O3S2/c1-20(2)24-12-10-22(11-13-24)18-27-30(35)34-29(25-14-16-26(38-4)17-15-25)28(21(3)33-32(34)39-27)31(36)37-19-23-8-6-5-7-9-23/h5-18,20,29H,19H2,1-4H3. The molecule has 5 nitrogen and oxygen atoms in total. The Labute approximate surface area is 236 Å². The molecular formula is C32H30N2O3S2. The minimum atomic E-state index is -0.633. The van der Waals surface area contributed by atoms with Crippen LogP contribution >= 0.6 is 23.1 Å². The summed E-state index contributed by atoms with van der Waals surface area (Å²) < 4.78 is 7.95. The van der Waals surface area contributed by atoms with Crippen LogP contribution in [0, 0.1) is 0 Å². The van der Waals surface area contributed by atoms with Crippen LogP contribution in [-0.2, 0) is 16.1 Å². The molecule has 3 aromatic carbocycles. The fourth-order valence-corrected chi connectivity index (χ4v) is 6.07. The molecule has 7 heteroatoms. The Morgan fingerprint density at radius 3 is 2.38 bits per heavy atom. The Bertz CT molecular complexity index is 1700. The number of fused-ring (bicyclic) bond motifs is 1. The predicted octanol–water partition coefficient (Wildman–Crippen LogP) is 5.82. The van der Waals surface area contributed by atoms with Crippen molar-refractivity contribution >= 4 is 35.1 Å². The fourth-order valence-electron chi connectivity index (χ4n) is 4.61. The number of ether oxygens (including phenoxy) is 1. The summed E-state index contributed by atoms with van der Waals surface area (Å²) in [5.74, 6) is -0.0394. The van der Waals surface area contributed by atoms with E-state index in [4.69, 9.17) is 9.73 Å². The highest BCUT2D eigenvalue weighted by Crippen LogP contribution is 2.32. The van der Waals surface area contributed by atoms with Crippen LogP contribution in [0.15, 0.2) is 105 Å². The number of esters is 1. The van der Waals surface area contributed by atoms with Crippen LogP contribution < -0.4 is 14.9 Å². The topological polar surface area (TPSA) is 60.7 Å². The smallest absolute Gasteiger partial charge is 0.338 e. The van der Waals surface area contributed by atoms with Gasteiger partial charge < -0.3 is 4.74 Å². The van der Waals surface area contributed by atoms with Gasteiger partial charge in [0.25, 0.3) is 5.56 Å². The zero-order chi connectivity index (χ0) is 27.5. The first kappa shape index (κ1) is 26.9. The number of rotatable bonds is 7. The van der Waals surface area contributed by atoms with Crippen molar-refractivity contribution in [2.75, 3.05) is 6.26 Å². The van der Waals surface area contributed by atoms with Gasteiger partial charge in [-0.25, -0.2) is 9.79 Å². The average molecular weight is 555 g/mol. The fraction of sp³-hybridized carbons (Fsp3) is 0.219. The molecule has 0 amide bonds. The monoisotopic (exact) mass is 554 g/mol. The summed E-state index contributed by atoms with van der Waals surface area (Å²) in [6.07, 6.45) is 3.91. The molecule has 2 heterocycles. The van der Waals surface area contributed by atoms with Crippen LogP contribution in [0.5, 0.6) is 0 Å². The molecule has 0 bridgehead atoms. The third-order valence-electron chi connectivity index (χ3n) is 6.79. The molecule has 1 unspecified atom stereocenters. The van der Waals surface area contributed by atoms with Crippen LogP contribution in [0.3, 0.4) is 0 Å². The second-order valence-electron chi connectivity index (χ2n) is 9.74. The van der Waals surface area contributed by atoms with Gasteiger partial charge >= 0.3 is 5.97 Å². The van der Waals surface area contributed by atoms with Crippen LogP contribution in [0.2, 0.25) is 0 Å². The summed E-state index contributed by atoms with van der Waals surface area (Å²) in [5.41, 5.74) is 4.69. The number of allylic oxidation sites excluding steroid dienone is 1.